The lowest BCUT2D eigenvalue weighted by molar-refractivity contribution is -0.200. The number of H-pyrrole nitrogens is 1. The van der Waals surface area contributed by atoms with Gasteiger partial charge in [-0.05, 0) is 19.9 Å². The summed E-state index contributed by atoms with van der Waals surface area (Å²) in [5, 5.41) is 10.6. The number of hydrogen-bond donors (Lipinski definition) is 3. The Kier molecular flexibility index (Phi) is 6.43. The molecule has 0 aromatic carbocycles. The summed E-state index contributed by atoms with van der Waals surface area (Å²) >= 11 is 0. The number of rotatable bonds is 9. The first kappa shape index (κ1) is 20.8. The van der Waals surface area contributed by atoms with Crippen LogP contribution in [0.4, 0.5) is 5.95 Å². The molecule has 1 aliphatic rings. The third-order valence-corrected chi connectivity index (χ3v) is 5.57. The van der Waals surface area contributed by atoms with E-state index < -0.39 is 32.1 Å². The van der Waals surface area contributed by atoms with Crippen molar-refractivity contribution in [2.24, 2.45) is 0 Å². The topological polar surface area (TPSA) is 147 Å². The van der Waals surface area contributed by atoms with E-state index >= 15 is 0 Å². The first-order valence-corrected chi connectivity index (χ1v) is 10.2. The highest BCUT2D eigenvalue weighted by Crippen LogP contribution is 2.44. The Hall–Kier alpha value is -1.88. The molecule has 1 fully saturated rings. The molecule has 28 heavy (non-hydrogen) atoms. The summed E-state index contributed by atoms with van der Waals surface area (Å²) in [6.07, 6.45) is 1.28. The molecule has 3 atom stereocenters. The van der Waals surface area contributed by atoms with Gasteiger partial charge in [0, 0.05) is 6.42 Å². The average Bonchev–Trinajstić information content (AvgIpc) is 3.21. The van der Waals surface area contributed by atoms with Crippen molar-refractivity contribution < 1.29 is 23.6 Å². The van der Waals surface area contributed by atoms with Crippen molar-refractivity contribution in [1.29, 1.82) is 0 Å². The Balaban J connectivity index is 1.82. The summed E-state index contributed by atoms with van der Waals surface area (Å²) in [5.74, 6) is -1.31. The summed E-state index contributed by atoms with van der Waals surface area (Å²) in [7, 11) is -1.25. The fraction of sp³-hybridized carbons (Fsp3) is 0.562. The van der Waals surface area contributed by atoms with Crippen molar-refractivity contribution in [2.75, 3.05) is 25.3 Å². The SMILES string of the molecule is C=CC1(OCP(OCC)OCC)CC(O)C(n2cnc3c(=O)[nH]c(N)nc32)O1. The molecule has 3 rings (SSSR count). The molecule has 1 saturated heterocycles. The van der Waals surface area contributed by atoms with Gasteiger partial charge >= 0.3 is 0 Å². The molecule has 0 bridgehead atoms. The van der Waals surface area contributed by atoms with Crippen molar-refractivity contribution in [3.63, 3.8) is 0 Å². The Bertz CT molecular complexity index is 882. The van der Waals surface area contributed by atoms with Crippen LogP contribution in [0.2, 0.25) is 0 Å². The number of nitrogens with zero attached hydrogens (tertiary/aromatic N) is 3. The van der Waals surface area contributed by atoms with Gasteiger partial charge in [0.1, 0.15) is 12.5 Å². The summed E-state index contributed by atoms with van der Waals surface area (Å²) in [4.78, 5) is 22.5. The number of fused-ring (bicyclic) bond motifs is 1. The molecule has 4 N–H and O–H groups in total. The number of ether oxygens (including phenoxy) is 2. The van der Waals surface area contributed by atoms with Crippen LogP contribution in [-0.2, 0) is 18.5 Å². The molecule has 0 aliphatic carbocycles. The molecule has 0 spiro atoms. The Labute approximate surface area is 162 Å². The summed E-state index contributed by atoms with van der Waals surface area (Å²) in [6, 6.07) is 0. The monoisotopic (exact) mass is 413 g/mol. The van der Waals surface area contributed by atoms with E-state index in [0.717, 1.165) is 0 Å². The first-order chi connectivity index (χ1) is 13.4. The third-order valence-electron chi connectivity index (χ3n) is 4.14. The highest BCUT2D eigenvalue weighted by molar-refractivity contribution is 7.47. The summed E-state index contributed by atoms with van der Waals surface area (Å²) in [5.41, 5.74) is 5.45. The smallest absolute Gasteiger partial charge is 0.280 e. The number of nitrogens with two attached hydrogens (primary N) is 1. The standard InChI is InChI=1S/C16H24N5O6P/c1-4-16(24-9-28(25-5-2)26-6-3)7-10(22)14(27-16)21-8-18-11-12(21)19-15(17)20-13(11)23/h4,8,10,14,22H,1,5-7,9H2,2-3H3,(H3,17,19,20,23). The van der Waals surface area contributed by atoms with Crippen LogP contribution in [0, 0.1) is 0 Å². The quantitative estimate of drug-likeness (QED) is 0.408. The third kappa shape index (κ3) is 4.09. The molecule has 0 saturated carbocycles. The second-order valence-corrected chi connectivity index (χ2v) is 7.45. The van der Waals surface area contributed by atoms with Crippen LogP contribution in [0.25, 0.3) is 11.2 Å². The molecule has 12 heteroatoms. The number of aromatic nitrogens is 4. The predicted molar refractivity (Wildman–Crippen MR) is 102 cm³/mol. The van der Waals surface area contributed by atoms with E-state index in [1.807, 2.05) is 13.8 Å². The van der Waals surface area contributed by atoms with Crippen molar-refractivity contribution in [3.8, 4) is 0 Å². The van der Waals surface area contributed by atoms with Gasteiger partial charge in [0.15, 0.2) is 31.6 Å². The number of aliphatic hydroxyl groups is 1. The number of aliphatic hydroxyl groups excluding tert-OH is 1. The number of imidazole rings is 1. The van der Waals surface area contributed by atoms with Gasteiger partial charge in [0.25, 0.3) is 5.56 Å². The van der Waals surface area contributed by atoms with Crippen LogP contribution in [0.3, 0.4) is 0 Å². The van der Waals surface area contributed by atoms with E-state index in [2.05, 4.69) is 21.5 Å². The number of nitrogens with one attached hydrogen (secondary N) is 1. The minimum Gasteiger partial charge on any atom is -0.388 e. The van der Waals surface area contributed by atoms with Crippen LogP contribution >= 0.6 is 8.38 Å². The minimum atomic E-state index is -1.25. The van der Waals surface area contributed by atoms with Gasteiger partial charge in [-0.3, -0.25) is 14.3 Å². The molecule has 1 aliphatic heterocycles. The predicted octanol–water partition coefficient (Wildman–Crippen LogP) is 1.22. The zero-order chi connectivity index (χ0) is 20.3. The Morgan fingerprint density at radius 3 is 2.89 bits per heavy atom. The van der Waals surface area contributed by atoms with Gasteiger partial charge in [-0.1, -0.05) is 6.58 Å². The molecule has 11 nitrogen and oxygen atoms in total. The zero-order valence-electron chi connectivity index (χ0n) is 15.7. The number of nitrogen functional groups attached to an aromatic ring is 1. The summed E-state index contributed by atoms with van der Waals surface area (Å²) in [6.45, 7) is 8.49. The van der Waals surface area contributed by atoms with Gasteiger partial charge in [-0.25, -0.2) is 4.98 Å². The van der Waals surface area contributed by atoms with E-state index in [1.165, 1.54) is 17.0 Å². The largest absolute Gasteiger partial charge is 0.388 e. The van der Waals surface area contributed by atoms with E-state index in [1.54, 1.807) is 0 Å². The van der Waals surface area contributed by atoms with E-state index in [0.29, 0.717) is 13.2 Å². The molecular weight excluding hydrogens is 389 g/mol. The molecule has 2 aromatic heterocycles. The normalized spacial score (nSPS) is 25.0. The van der Waals surface area contributed by atoms with Crippen LogP contribution in [0.15, 0.2) is 23.8 Å². The lowest BCUT2D eigenvalue weighted by Crippen LogP contribution is -2.30. The van der Waals surface area contributed by atoms with Crippen molar-refractivity contribution in [2.45, 2.75) is 38.4 Å². The lowest BCUT2D eigenvalue weighted by Gasteiger charge is -2.27. The van der Waals surface area contributed by atoms with Crippen molar-refractivity contribution >= 4 is 25.5 Å². The van der Waals surface area contributed by atoms with Gasteiger partial charge in [-0.2, -0.15) is 4.98 Å². The molecule has 3 unspecified atom stereocenters. The molecule has 154 valence electrons. The second-order valence-electron chi connectivity index (χ2n) is 6.01. The molecule has 0 radical (unpaired) electrons. The Morgan fingerprint density at radius 1 is 1.54 bits per heavy atom. The fourth-order valence-corrected chi connectivity index (χ4v) is 4.06. The minimum absolute atomic E-state index is 0.0583. The molecular formula is C16H24N5O6P. The van der Waals surface area contributed by atoms with E-state index in [4.69, 9.17) is 24.3 Å². The second kappa shape index (κ2) is 8.64. The van der Waals surface area contributed by atoms with E-state index in [9.17, 15) is 9.90 Å². The number of aromatic amines is 1. The fourth-order valence-electron chi connectivity index (χ4n) is 2.94. The molecule has 0 amide bonds. The first-order valence-electron chi connectivity index (χ1n) is 8.82. The maximum atomic E-state index is 12.0. The van der Waals surface area contributed by atoms with Crippen molar-refractivity contribution in [1.82, 2.24) is 19.5 Å². The average molecular weight is 413 g/mol. The van der Waals surface area contributed by atoms with Crippen molar-refractivity contribution in [3.05, 3.63) is 29.3 Å². The molecule has 3 heterocycles. The van der Waals surface area contributed by atoms with Crippen LogP contribution in [0.5, 0.6) is 0 Å². The van der Waals surface area contributed by atoms with E-state index in [-0.39, 0.29) is 29.9 Å². The highest BCUT2D eigenvalue weighted by Gasteiger charge is 2.47. The number of anilines is 1. The van der Waals surface area contributed by atoms with Crippen LogP contribution < -0.4 is 11.3 Å². The van der Waals surface area contributed by atoms with Gasteiger partial charge in [0.2, 0.25) is 5.95 Å². The Morgan fingerprint density at radius 2 is 2.25 bits per heavy atom. The maximum absolute atomic E-state index is 12.0. The highest BCUT2D eigenvalue weighted by atomic mass is 31.2. The van der Waals surface area contributed by atoms with Crippen LogP contribution in [-0.4, -0.2) is 56.1 Å². The maximum Gasteiger partial charge on any atom is 0.280 e. The number of hydrogen-bond acceptors (Lipinski definition) is 9. The van der Waals surface area contributed by atoms with Crippen LogP contribution in [0.1, 0.15) is 26.5 Å². The summed E-state index contributed by atoms with van der Waals surface area (Å²) < 4.78 is 24.4. The van der Waals surface area contributed by atoms with Gasteiger partial charge in [0.05, 0.1) is 19.5 Å². The van der Waals surface area contributed by atoms with Gasteiger partial charge < -0.3 is 29.4 Å². The van der Waals surface area contributed by atoms with Gasteiger partial charge in [-0.15, -0.1) is 0 Å². The zero-order valence-corrected chi connectivity index (χ0v) is 16.6. The molecule has 2 aromatic rings. The lowest BCUT2D eigenvalue weighted by atomic mass is 10.1.